The zero-order valence-corrected chi connectivity index (χ0v) is 12.0. The number of amidine groups is 1. The van der Waals surface area contributed by atoms with Crippen LogP contribution in [0, 0.1) is 0 Å². The lowest BCUT2D eigenvalue weighted by Gasteiger charge is -1.98. The molecule has 0 aliphatic carbocycles. The third-order valence-electron chi connectivity index (χ3n) is 2.97. The topological polar surface area (TPSA) is 41.8 Å². The highest BCUT2D eigenvalue weighted by Crippen LogP contribution is 2.17. The zero-order chi connectivity index (χ0) is 13.5. The van der Waals surface area contributed by atoms with E-state index in [1.165, 1.54) is 16.5 Å². The molecule has 0 fully saturated rings. The van der Waals surface area contributed by atoms with Crippen LogP contribution in [0.5, 0.6) is 0 Å². The van der Waals surface area contributed by atoms with Gasteiger partial charge in [-0.2, -0.15) is 0 Å². The molecular weight excluding hydrogens is 254 g/mol. The Balaban J connectivity index is 1.98. The summed E-state index contributed by atoms with van der Waals surface area (Å²) in [6, 6.07) is 8.41. The van der Waals surface area contributed by atoms with Crippen LogP contribution in [0.1, 0.15) is 5.56 Å². The maximum Gasteiger partial charge on any atom is 0.304 e. The molecule has 4 heteroatoms. The standard InChI is InChI=1S/C15H19N3S/c1-3-9-16-15(19-2)17-10-8-12-11-18-14-7-5-4-6-13(12)14/h3-7,11,18H,1,8-10H2,2H3,(H,16,17)/p+1. The number of hydrogen-bond acceptors (Lipinski definition) is 1. The second-order valence-electron chi connectivity index (χ2n) is 4.24. The summed E-state index contributed by atoms with van der Waals surface area (Å²) in [6.45, 7) is 5.41. The van der Waals surface area contributed by atoms with Gasteiger partial charge in [0, 0.05) is 23.5 Å². The van der Waals surface area contributed by atoms with Crippen LogP contribution < -0.4 is 10.3 Å². The third kappa shape index (κ3) is 3.64. The number of hydrogen-bond donors (Lipinski definition) is 3. The van der Waals surface area contributed by atoms with Crippen molar-refractivity contribution in [1.82, 2.24) is 10.3 Å². The number of aromatic nitrogens is 1. The minimum absolute atomic E-state index is 0.788. The molecule has 0 aliphatic heterocycles. The molecule has 19 heavy (non-hydrogen) atoms. The quantitative estimate of drug-likeness (QED) is 0.437. The Kier molecular flexibility index (Phi) is 5.10. The van der Waals surface area contributed by atoms with E-state index in [0.29, 0.717) is 0 Å². The molecule has 2 aromatic rings. The van der Waals surface area contributed by atoms with E-state index in [9.17, 15) is 0 Å². The molecule has 100 valence electrons. The van der Waals surface area contributed by atoms with Gasteiger partial charge in [0.05, 0.1) is 6.54 Å². The normalized spacial score (nSPS) is 11.7. The molecule has 0 bridgehead atoms. The van der Waals surface area contributed by atoms with Crippen molar-refractivity contribution in [3.8, 4) is 0 Å². The Hall–Kier alpha value is -1.68. The third-order valence-corrected chi connectivity index (χ3v) is 3.66. The van der Waals surface area contributed by atoms with Crippen LogP contribution in [0.15, 0.2) is 43.1 Å². The van der Waals surface area contributed by atoms with Crippen LogP contribution in [0.25, 0.3) is 10.9 Å². The summed E-state index contributed by atoms with van der Waals surface area (Å²) in [4.78, 5) is 6.72. The first-order valence-corrected chi connectivity index (χ1v) is 7.62. The van der Waals surface area contributed by atoms with Crippen LogP contribution in [0.3, 0.4) is 0 Å². The molecule has 0 atom stereocenters. The van der Waals surface area contributed by atoms with Gasteiger partial charge in [0.1, 0.15) is 6.54 Å². The van der Waals surface area contributed by atoms with Gasteiger partial charge in [-0.05, 0) is 29.6 Å². The molecular formula is C15H20N3S+. The summed E-state index contributed by atoms with van der Waals surface area (Å²) >= 11 is 1.69. The van der Waals surface area contributed by atoms with Crippen LogP contribution >= 0.6 is 11.8 Å². The fourth-order valence-electron chi connectivity index (χ4n) is 2.02. The molecule has 0 aliphatic rings. The van der Waals surface area contributed by atoms with Gasteiger partial charge in [0.25, 0.3) is 0 Å². The van der Waals surface area contributed by atoms with Gasteiger partial charge < -0.3 is 4.98 Å². The van der Waals surface area contributed by atoms with Crippen LogP contribution in [0.2, 0.25) is 0 Å². The van der Waals surface area contributed by atoms with Crippen molar-refractivity contribution < 1.29 is 4.99 Å². The van der Waals surface area contributed by atoms with E-state index >= 15 is 0 Å². The van der Waals surface area contributed by atoms with Crippen molar-refractivity contribution in [2.75, 3.05) is 19.3 Å². The van der Waals surface area contributed by atoms with Crippen LogP contribution in [0.4, 0.5) is 0 Å². The first-order valence-electron chi connectivity index (χ1n) is 6.39. The summed E-state index contributed by atoms with van der Waals surface area (Å²) in [5, 5.41) is 5.69. The summed E-state index contributed by atoms with van der Waals surface area (Å²) < 4.78 is 0. The Morgan fingerprint density at radius 3 is 3.11 bits per heavy atom. The number of para-hydroxylation sites is 1. The predicted octanol–water partition coefficient (Wildman–Crippen LogP) is 1.29. The van der Waals surface area contributed by atoms with Crippen molar-refractivity contribution in [3.05, 3.63) is 48.7 Å². The average Bonchev–Trinajstić information content (AvgIpc) is 2.86. The Bertz CT molecular complexity index is 572. The average molecular weight is 274 g/mol. The van der Waals surface area contributed by atoms with Gasteiger partial charge in [0.2, 0.25) is 0 Å². The summed E-state index contributed by atoms with van der Waals surface area (Å²) in [5.74, 6) is 0. The minimum atomic E-state index is 0.788. The SMILES string of the molecule is C=CCNC(=[NH+]CCc1c[nH]c2ccccc12)SC. The Morgan fingerprint density at radius 1 is 1.47 bits per heavy atom. The van der Waals surface area contributed by atoms with Gasteiger partial charge in [-0.15, -0.1) is 0 Å². The second-order valence-corrected chi connectivity index (χ2v) is 5.06. The first-order chi connectivity index (χ1) is 9.35. The predicted molar refractivity (Wildman–Crippen MR) is 84.6 cm³/mol. The molecule has 2 rings (SSSR count). The molecule has 1 aromatic heterocycles. The summed E-state index contributed by atoms with van der Waals surface area (Å²) in [5.41, 5.74) is 2.56. The van der Waals surface area contributed by atoms with Gasteiger partial charge in [0.15, 0.2) is 0 Å². The second kappa shape index (κ2) is 7.04. The van der Waals surface area contributed by atoms with Crippen molar-refractivity contribution in [2.45, 2.75) is 6.42 Å². The van der Waals surface area contributed by atoms with Gasteiger partial charge in [-0.1, -0.05) is 30.9 Å². The van der Waals surface area contributed by atoms with E-state index in [1.54, 1.807) is 11.8 Å². The molecule has 1 heterocycles. The van der Waals surface area contributed by atoms with Crippen LogP contribution in [-0.2, 0) is 6.42 Å². The molecule has 0 saturated heterocycles. The number of H-pyrrole nitrogens is 1. The van der Waals surface area contributed by atoms with E-state index < -0.39 is 0 Å². The molecule has 0 amide bonds. The smallest absolute Gasteiger partial charge is 0.304 e. The zero-order valence-electron chi connectivity index (χ0n) is 11.2. The lowest BCUT2D eigenvalue weighted by molar-refractivity contribution is -0.455. The van der Waals surface area contributed by atoms with Crippen molar-refractivity contribution in [1.29, 1.82) is 0 Å². The highest BCUT2D eigenvalue weighted by atomic mass is 32.2. The lowest BCUT2D eigenvalue weighted by Crippen LogP contribution is -2.75. The van der Waals surface area contributed by atoms with Gasteiger partial charge >= 0.3 is 5.17 Å². The number of thioether (sulfide) groups is 1. The van der Waals surface area contributed by atoms with Gasteiger partial charge in [-0.25, -0.2) is 0 Å². The van der Waals surface area contributed by atoms with E-state index in [1.807, 2.05) is 6.08 Å². The number of benzene rings is 1. The van der Waals surface area contributed by atoms with E-state index in [4.69, 9.17) is 0 Å². The van der Waals surface area contributed by atoms with Crippen molar-refractivity contribution in [3.63, 3.8) is 0 Å². The number of rotatable bonds is 5. The molecule has 0 radical (unpaired) electrons. The summed E-state index contributed by atoms with van der Waals surface area (Å²) in [6.07, 6.45) is 7.02. The number of aromatic amines is 1. The molecule has 1 aromatic carbocycles. The highest BCUT2D eigenvalue weighted by molar-refractivity contribution is 8.12. The van der Waals surface area contributed by atoms with E-state index in [0.717, 1.165) is 24.7 Å². The molecule has 3 N–H and O–H groups in total. The highest BCUT2D eigenvalue weighted by Gasteiger charge is 2.04. The fourth-order valence-corrected chi connectivity index (χ4v) is 2.49. The number of nitrogens with one attached hydrogen (secondary N) is 3. The van der Waals surface area contributed by atoms with Crippen molar-refractivity contribution in [2.24, 2.45) is 0 Å². The minimum Gasteiger partial charge on any atom is -0.361 e. The van der Waals surface area contributed by atoms with Crippen LogP contribution in [-0.4, -0.2) is 29.5 Å². The monoisotopic (exact) mass is 274 g/mol. The molecule has 0 saturated carbocycles. The summed E-state index contributed by atoms with van der Waals surface area (Å²) in [7, 11) is 0. The van der Waals surface area contributed by atoms with E-state index in [2.05, 4.69) is 58.6 Å². The Labute approximate surface area is 118 Å². The lowest BCUT2D eigenvalue weighted by atomic mass is 10.1. The molecule has 0 unspecified atom stereocenters. The van der Waals surface area contributed by atoms with Crippen molar-refractivity contribution >= 4 is 27.8 Å². The maximum atomic E-state index is 3.71. The largest absolute Gasteiger partial charge is 0.361 e. The number of fused-ring (bicyclic) bond motifs is 1. The van der Waals surface area contributed by atoms with Gasteiger partial charge in [-0.3, -0.25) is 10.3 Å². The molecule has 0 spiro atoms. The first kappa shape index (κ1) is 13.7. The van der Waals surface area contributed by atoms with E-state index in [-0.39, 0.29) is 0 Å². The fraction of sp³-hybridized carbons (Fsp3) is 0.267. The Morgan fingerprint density at radius 2 is 2.32 bits per heavy atom. The molecule has 3 nitrogen and oxygen atoms in total. The maximum absolute atomic E-state index is 3.71.